The third kappa shape index (κ3) is 5.13. The quantitative estimate of drug-likeness (QED) is 0.173. The van der Waals surface area contributed by atoms with Gasteiger partial charge >= 0.3 is 0 Å². The zero-order chi connectivity index (χ0) is 36.3. The van der Waals surface area contributed by atoms with Gasteiger partial charge in [-0.2, -0.15) is 0 Å². The van der Waals surface area contributed by atoms with Crippen LogP contribution >= 0.6 is 0 Å². The fraction of sp³-hybridized carbons (Fsp3) is 0. The van der Waals surface area contributed by atoms with Crippen molar-refractivity contribution in [1.82, 2.24) is 0 Å². The molecule has 0 N–H and O–H groups in total. The highest BCUT2D eigenvalue weighted by Crippen LogP contribution is 2.46. The molecule has 2 heterocycles. The first-order valence-corrected chi connectivity index (χ1v) is 18.7. The van der Waals surface area contributed by atoms with Gasteiger partial charge in [-0.3, -0.25) is 0 Å². The molecule has 258 valence electrons. The van der Waals surface area contributed by atoms with E-state index in [1.807, 2.05) is 12.1 Å². The summed E-state index contributed by atoms with van der Waals surface area (Å²) < 4.78 is 13.0. The monoisotopic (exact) mass is 703 g/mol. The highest BCUT2D eigenvalue weighted by Gasteiger charge is 2.21. The highest BCUT2D eigenvalue weighted by atomic mass is 16.3. The first-order valence-electron chi connectivity index (χ1n) is 18.7. The van der Waals surface area contributed by atoms with Gasteiger partial charge in [-0.05, 0) is 98.8 Å². The smallest absolute Gasteiger partial charge is 0.137 e. The van der Waals surface area contributed by atoms with Crippen molar-refractivity contribution in [3.05, 3.63) is 200 Å². The van der Waals surface area contributed by atoms with Crippen molar-refractivity contribution in [2.24, 2.45) is 0 Å². The van der Waals surface area contributed by atoms with Gasteiger partial charge in [-0.15, -0.1) is 0 Å². The lowest BCUT2D eigenvalue weighted by Crippen LogP contribution is -2.10. The highest BCUT2D eigenvalue weighted by molar-refractivity contribution is 6.25. The van der Waals surface area contributed by atoms with E-state index in [2.05, 4.69) is 193 Å². The molecule has 3 heteroatoms. The summed E-state index contributed by atoms with van der Waals surface area (Å²) >= 11 is 0. The standard InChI is InChI=1S/C52H33NO2/c1-3-13-34(14-4-1)35-25-29-38(30-26-35)53(45-21-12-24-47-50(45)43-19-9-10-22-46(43)54-47)39-31-27-37(28-32-39)40-20-11-23-48-51(40)52-42-18-8-7-17-41(42)44(33-49(52)55-48)36-15-5-2-6-16-36/h1-33H. The number of benzene rings is 9. The van der Waals surface area contributed by atoms with Crippen LogP contribution in [-0.2, 0) is 0 Å². The Morgan fingerprint density at radius 2 is 0.800 bits per heavy atom. The number of furan rings is 2. The molecule has 55 heavy (non-hydrogen) atoms. The van der Waals surface area contributed by atoms with Crippen molar-refractivity contribution in [2.45, 2.75) is 0 Å². The SMILES string of the molecule is c1ccc(-c2ccc(N(c3ccc(-c4cccc5oc6cc(-c7ccccc7)c7ccccc7c6c45)cc3)c3cccc4oc5ccccc5c34)cc2)cc1. The predicted molar refractivity (Wildman–Crippen MR) is 229 cm³/mol. The molecule has 0 aliphatic carbocycles. The summed E-state index contributed by atoms with van der Waals surface area (Å²) in [7, 11) is 0. The van der Waals surface area contributed by atoms with Crippen molar-refractivity contribution in [3.8, 4) is 33.4 Å². The molecule has 0 atom stereocenters. The first kappa shape index (κ1) is 31.2. The van der Waals surface area contributed by atoms with Crippen molar-refractivity contribution in [2.75, 3.05) is 4.90 Å². The van der Waals surface area contributed by atoms with Crippen LogP contribution in [-0.4, -0.2) is 0 Å². The molecule has 0 saturated heterocycles. The second-order valence-corrected chi connectivity index (χ2v) is 14.0. The molecule has 11 aromatic rings. The Bertz CT molecular complexity index is 3180. The van der Waals surface area contributed by atoms with E-state index in [1.165, 1.54) is 33.0 Å². The van der Waals surface area contributed by atoms with Crippen LogP contribution in [0.15, 0.2) is 209 Å². The molecule has 0 spiro atoms. The summed E-state index contributed by atoms with van der Waals surface area (Å²) in [6.45, 7) is 0. The molecule has 0 fully saturated rings. The average molecular weight is 704 g/mol. The number of hydrogen-bond acceptors (Lipinski definition) is 3. The maximum Gasteiger partial charge on any atom is 0.137 e. The van der Waals surface area contributed by atoms with E-state index in [4.69, 9.17) is 8.83 Å². The molecule has 0 aliphatic rings. The normalized spacial score (nSPS) is 11.6. The third-order valence-electron chi connectivity index (χ3n) is 10.9. The fourth-order valence-corrected chi connectivity index (χ4v) is 8.37. The summed E-state index contributed by atoms with van der Waals surface area (Å²) in [5.74, 6) is 0. The summed E-state index contributed by atoms with van der Waals surface area (Å²) in [5.41, 5.74) is 13.7. The second-order valence-electron chi connectivity index (χ2n) is 14.0. The van der Waals surface area contributed by atoms with Crippen molar-refractivity contribution in [3.63, 3.8) is 0 Å². The lowest BCUT2D eigenvalue weighted by atomic mass is 9.92. The minimum atomic E-state index is 0.863. The number of rotatable bonds is 6. The Kier molecular flexibility index (Phi) is 7.17. The van der Waals surface area contributed by atoms with E-state index >= 15 is 0 Å². The molecular weight excluding hydrogens is 671 g/mol. The first-order chi connectivity index (χ1) is 27.3. The van der Waals surface area contributed by atoms with E-state index < -0.39 is 0 Å². The molecule has 0 saturated carbocycles. The van der Waals surface area contributed by atoms with Crippen LogP contribution in [0, 0.1) is 0 Å². The number of anilines is 3. The third-order valence-corrected chi connectivity index (χ3v) is 10.9. The van der Waals surface area contributed by atoms with Gasteiger partial charge in [0.05, 0.1) is 11.1 Å². The lowest BCUT2D eigenvalue weighted by molar-refractivity contribution is 0.668. The number of hydrogen-bond donors (Lipinski definition) is 0. The number of para-hydroxylation sites is 1. The largest absolute Gasteiger partial charge is 0.456 e. The molecule has 3 nitrogen and oxygen atoms in total. The average Bonchev–Trinajstić information content (AvgIpc) is 3.84. The number of nitrogens with zero attached hydrogens (tertiary/aromatic N) is 1. The molecule has 0 radical (unpaired) electrons. The predicted octanol–water partition coefficient (Wildman–Crippen LogP) is 15.1. The van der Waals surface area contributed by atoms with Crippen molar-refractivity contribution in [1.29, 1.82) is 0 Å². The van der Waals surface area contributed by atoms with Gasteiger partial charge in [-0.1, -0.05) is 146 Å². The van der Waals surface area contributed by atoms with Gasteiger partial charge in [0.2, 0.25) is 0 Å². The van der Waals surface area contributed by atoms with Crippen LogP contribution in [0.4, 0.5) is 17.1 Å². The molecule has 2 aromatic heterocycles. The summed E-state index contributed by atoms with van der Waals surface area (Å²) in [6.07, 6.45) is 0. The fourth-order valence-electron chi connectivity index (χ4n) is 8.37. The van der Waals surface area contributed by atoms with E-state index in [0.29, 0.717) is 0 Å². The molecule has 0 unspecified atom stereocenters. The second kappa shape index (κ2) is 12.6. The maximum atomic E-state index is 6.66. The molecule has 9 aromatic carbocycles. The zero-order valence-corrected chi connectivity index (χ0v) is 29.8. The summed E-state index contributed by atoms with van der Waals surface area (Å²) in [6, 6.07) is 70.8. The Labute approximate surface area is 317 Å². The van der Waals surface area contributed by atoms with Gasteiger partial charge in [0.15, 0.2) is 0 Å². The maximum absolute atomic E-state index is 6.66. The van der Waals surface area contributed by atoms with Crippen molar-refractivity contribution < 1.29 is 8.83 Å². The van der Waals surface area contributed by atoms with Gasteiger partial charge in [0, 0.05) is 27.5 Å². The van der Waals surface area contributed by atoms with Crippen LogP contribution in [0.2, 0.25) is 0 Å². The van der Waals surface area contributed by atoms with E-state index in [-0.39, 0.29) is 0 Å². The molecule has 0 bridgehead atoms. The molecular formula is C52H33NO2. The van der Waals surface area contributed by atoms with E-state index in [9.17, 15) is 0 Å². The molecule has 11 rings (SSSR count). The van der Waals surface area contributed by atoms with E-state index in [0.717, 1.165) is 72.1 Å². The zero-order valence-electron chi connectivity index (χ0n) is 29.8. The van der Waals surface area contributed by atoms with Crippen LogP contribution in [0.5, 0.6) is 0 Å². The lowest BCUT2D eigenvalue weighted by Gasteiger charge is -2.26. The molecule has 0 aliphatic heterocycles. The van der Waals surface area contributed by atoms with Gasteiger partial charge < -0.3 is 13.7 Å². The van der Waals surface area contributed by atoms with Gasteiger partial charge in [0.25, 0.3) is 0 Å². The topological polar surface area (TPSA) is 29.5 Å². The van der Waals surface area contributed by atoms with Crippen LogP contribution in [0.1, 0.15) is 0 Å². The Hall–Kier alpha value is -7.36. The number of fused-ring (bicyclic) bond motifs is 8. The van der Waals surface area contributed by atoms with Gasteiger partial charge in [0.1, 0.15) is 22.3 Å². The van der Waals surface area contributed by atoms with Gasteiger partial charge in [-0.25, -0.2) is 0 Å². The Morgan fingerprint density at radius 3 is 1.53 bits per heavy atom. The minimum Gasteiger partial charge on any atom is -0.456 e. The Balaban J connectivity index is 1.08. The minimum absolute atomic E-state index is 0.863. The Morgan fingerprint density at radius 1 is 0.291 bits per heavy atom. The van der Waals surface area contributed by atoms with Crippen molar-refractivity contribution >= 4 is 71.7 Å². The summed E-state index contributed by atoms with van der Waals surface area (Å²) in [5, 5.41) is 6.85. The summed E-state index contributed by atoms with van der Waals surface area (Å²) in [4.78, 5) is 2.34. The van der Waals surface area contributed by atoms with Crippen LogP contribution < -0.4 is 4.90 Å². The van der Waals surface area contributed by atoms with Crippen LogP contribution in [0.25, 0.3) is 88.0 Å². The van der Waals surface area contributed by atoms with E-state index in [1.54, 1.807) is 0 Å². The van der Waals surface area contributed by atoms with Crippen LogP contribution in [0.3, 0.4) is 0 Å². The molecule has 0 amide bonds.